The molecule has 0 heterocycles. The molecule has 0 atom stereocenters. The number of ether oxygens (including phenoxy) is 1. The largest absolute Gasteiger partial charge is 0.463 e. The zero-order valence-corrected chi connectivity index (χ0v) is 11.1. The summed E-state index contributed by atoms with van der Waals surface area (Å²) in [4.78, 5) is 10.9. The van der Waals surface area contributed by atoms with Crippen LogP contribution in [-0.2, 0) is 9.53 Å². The van der Waals surface area contributed by atoms with Gasteiger partial charge in [0.2, 0.25) is 0 Å². The van der Waals surface area contributed by atoms with Gasteiger partial charge in [-0.25, -0.2) is 0 Å². The predicted octanol–water partition coefficient (Wildman–Crippen LogP) is 2.14. The van der Waals surface area contributed by atoms with Crippen molar-refractivity contribution in [2.75, 3.05) is 0 Å². The van der Waals surface area contributed by atoms with E-state index in [-0.39, 0.29) is 36.0 Å². The van der Waals surface area contributed by atoms with Crippen LogP contribution in [-0.4, -0.2) is 36.0 Å². The van der Waals surface area contributed by atoms with Crippen molar-refractivity contribution in [1.82, 2.24) is 0 Å². The van der Waals surface area contributed by atoms with Crippen molar-refractivity contribution in [3.8, 4) is 0 Å². The standard InChI is InChI=1S/C9H18O2.Sn/c1-4-5-6-7-9(10)11-8(2)3;/h8H,4-7H2,1-3H3;. The van der Waals surface area contributed by atoms with Gasteiger partial charge in [0.15, 0.2) is 0 Å². The molecular weight excluding hydrogens is 259 g/mol. The molecule has 0 bridgehead atoms. The van der Waals surface area contributed by atoms with E-state index in [1.165, 1.54) is 0 Å². The van der Waals surface area contributed by atoms with E-state index in [2.05, 4.69) is 6.92 Å². The minimum atomic E-state index is -0.0616. The number of carbonyl (C=O) groups excluding carboxylic acids is 1. The SMILES string of the molecule is CCCCCC(=O)OC(C)C.[Sn]. The molecule has 0 saturated carbocycles. The molecule has 0 fully saturated rings. The van der Waals surface area contributed by atoms with Crippen LogP contribution in [0.2, 0.25) is 0 Å². The Morgan fingerprint density at radius 2 is 1.92 bits per heavy atom. The summed E-state index contributed by atoms with van der Waals surface area (Å²) in [6.45, 7) is 5.86. The second-order valence-corrected chi connectivity index (χ2v) is 3.00. The molecule has 0 aliphatic carbocycles. The number of esters is 1. The monoisotopic (exact) mass is 278 g/mol. The maximum absolute atomic E-state index is 10.9. The average Bonchev–Trinajstić information content (AvgIpc) is 1.86. The molecule has 0 aromatic heterocycles. The van der Waals surface area contributed by atoms with Gasteiger partial charge in [0, 0.05) is 30.3 Å². The summed E-state index contributed by atoms with van der Waals surface area (Å²) < 4.78 is 4.96. The van der Waals surface area contributed by atoms with Gasteiger partial charge >= 0.3 is 5.97 Å². The Labute approximate surface area is 92.0 Å². The number of hydrogen-bond acceptors (Lipinski definition) is 2. The van der Waals surface area contributed by atoms with Crippen LogP contribution in [0.15, 0.2) is 0 Å². The van der Waals surface area contributed by atoms with Crippen molar-refractivity contribution in [2.24, 2.45) is 0 Å². The van der Waals surface area contributed by atoms with E-state index in [1.807, 2.05) is 13.8 Å². The van der Waals surface area contributed by atoms with Gasteiger partial charge in [-0.05, 0) is 20.3 Å². The minimum absolute atomic E-state index is 0. The zero-order valence-electron chi connectivity index (χ0n) is 8.22. The Balaban J connectivity index is 0. The molecule has 0 aromatic rings. The Kier molecular flexibility index (Phi) is 11.5. The summed E-state index contributed by atoms with van der Waals surface area (Å²) >= 11 is 0. The van der Waals surface area contributed by atoms with Crippen LogP contribution >= 0.6 is 0 Å². The van der Waals surface area contributed by atoms with Gasteiger partial charge in [-0.3, -0.25) is 4.79 Å². The van der Waals surface area contributed by atoms with Crippen molar-refractivity contribution >= 4 is 29.9 Å². The van der Waals surface area contributed by atoms with E-state index in [1.54, 1.807) is 0 Å². The molecule has 0 aliphatic rings. The Morgan fingerprint density at radius 1 is 1.33 bits per heavy atom. The molecule has 0 rings (SSSR count). The van der Waals surface area contributed by atoms with Crippen LogP contribution in [0.3, 0.4) is 0 Å². The smallest absolute Gasteiger partial charge is 0.306 e. The molecule has 0 spiro atoms. The third-order valence-electron chi connectivity index (χ3n) is 1.35. The molecule has 0 unspecified atom stereocenters. The van der Waals surface area contributed by atoms with Gasteiger partial charge in [0.05, 0.1) is 6.10 Å². The van der Waals surface area contributed by atoms with Gasteiger partial charge < -0.3 is 4.74 Å². The fourth-order valence-corrected chi connectivity index (χ4v) is 0.841. The topological polar surface area (TPSA) is 26.3 Å². The van der Waals surface area contributed by atoms with Crippen LogP contribution in [0.4, 0.5) is 0 Å². The maximum atomic E-state index is 10.9. The summed E-state index contributed by atoms with van der Waals surface area (Å²) in [5.74, 6) is -0.0616. The third-order valence-corrected chi connectivity index (χ3v) is 1.35. The molecular formula is C9H18O2Sn. The summed E-state index contributed by atoms with van der Waals surface area (Å²) in [5.41, 5.74) is 0. The van der Waals surface area contributed by atoms with Crippen molar-refractivity contribution in [3.63, 3.8) is 0 Å². The molecule has 4 radical (unpaired) electrons. The number of rotatable bonds is 5. The van der Waals surface area contributed by atoms with E-state index in [9.17, 15) is 4.79 Å². The molecule has 0 N–H and O–H groups in total. The summed E-state index contributed by atoms with van der Waals surface area (Å²) in [7, 11) is 0. The fraction of sp³-hybridized carbons (Fsp3) is 0.889. The number of carbonyl (C=O) groups is 1. The van der Waals surface area contributed by atoms with E-state index >= 15 is 0 Å². The van der Waals surface area contributed by atoms with E-state index in [0.29, 0.717) is 6.42 Å². The van der Waals surface area contributed by atoms with Crippen molar-refractivity contribution < 1.29 is 9.53 Å². The van der Waals surface area contributed by atoms with E-state index in [4.69, 9.17) is 4.74 Å². The quantitative estimate of drug-likeness (QED) is 0.437. The van der Waals surface area contributed by atoms with Crippen LogP contribution in [0.5, 0.6) is 0 Å². The molecule has 12 heavy (non-hydrogen) atoms. The second-order valence-electron chi connectivity index (χ2n) is 3.00. The van der Waals surface area contributed by atoms with Crippen LogP contribution < -0.4 is 0 Å². The van der Waals surface area contributed by atoms with Crippen molar-refractivity contribution in [3.05, 3.63) is 0 Å². The van der Waals surface area contributed by atoms with Gasteiger partial charge in [0.25, 0.3) is 0 Å². The van der Waals surface area contributed by atoms with Gasteiger partial charge in [-0.15, -0.1) is 0 Å². The molecule has 70 valence electrons. The zero-order chi connectivity index (χ0) is 8.69. The average molecular weight is 277 g/mol. The van der Waals surface area contributed by atoms with E-state index in [0.717, 1.165) is 19.3 Å². The molecule has 0 aromatic carbocycles. The van der Waals surface area contributed by atoms with E-state index < -0.39 is 0 Å². The van der Waals surface area contributed by atoms with Crippen LogP contribution in [0.1, 0.15) is 46.5 Å². The van der Waals surface area contributed by atoms with Crippen molar-refractivity contribution in [2.45, 2.75) is 52.6 Å². The van der Waals surface area contributed by atoms with Gasteiger partial charge in [0.1, 0.15) is 0 Å². The summed E-state index contributed by atoms with van der Waals surface area (Å²) in [6.07, 6.45) is 3.83. The first-order chi connectivity index (χ1) is 5.16. The molecule has 0 saturated heterocycles. The van der Waals surface area contributed by atoms with Gasteiger partial charge in [-0.1, -0.05) is 19.8 Å². The number of hydrogen-bond donors (Lipinski definition) is 0. The normalized spacial score (nSPS) is 9.33. The second kappa shape index (κ2) is 9.36. The predicted molar refractivity (Wildman–Crippen MR) is 51.1 cm³/mol. The molecule has 3 heteroatoms. The Hall–Kier alpha value is 0.269. The first-order valence-electron chi connectivity index (χ1n) is 4.36. The molecule has 0 amide bonds. The van der Waals surface area contributed by atoms with Crippen LogP contribution in [0, 0.1) is 0 Å². The Bertz CT molecular complexity index is 113. The third kappa shape index (κ3) is 10.3. The molecule has 0 aliphatic heterocycles. The van der Waals surface area contributed by atoms with Gasteiger partial charge in [-0.2, -0.15) is 0 Å². The maximum Gasteiger partial charge on any atom is 0.306 e. The van der Waals surface area contributed by atoms with Crippen molar-refractivity contribution in [1.29, 1.82) is 0 Å². The fourth-order valence-electron chi connectivity index (χ4n) is 0.841. The summed E-state index contributed by atoms with van der Waals surface area (Å²) in [6, 6.07) is 0. The molecule has 2 nitrogen and oxygen atoms in total. The summed E-state index contributed by atoms with van der Waals surface area (Å²) in [5, 5.41) is 0. The first-order valence-corrected chi connectivity index (χ1v) is 4.36. The van der Waals surface area contributed by atoms with Crippen LogP contribution in [0.25, 0.3) is 0 Å². The first kappa shape index (κ1) is 14.8. The number of unbranched alkanes of at least 4 members (excludes halogenated alkanes) is 2. The minimum Gasteiger partial charge on any atom is -0.463 e. The Morgan fingerprint density at radius 3 is 2.33 bits per heavy atom.